The van der Waals surface area contributed by atoms with Gasteiger partial charge in [-0.15, -0.1) is 0 Å². The SMILES string of the molecule is CCOC(=O)C1=C(c2ccccc2)N=c2s/c(=C\c3ccc(O)cc3)c(=O)n2[C@H]1c1ccc(OC)cc1. The zero-order chi connectivity index (χ0) is 25.9. The Balaban J connectivity index is 1.81. The standard InChI is InChI=1S/C29H24N2O5S/c1-3-36-28(34)24-25(19-7-5-4-6-8-19)30-29-31(26(24)20-11-15-22(35-2)16-12-20)27(33)23(37-29)17-18-9-13-21(32)14-10-18/h4-17,26,32H,3H2,1-2H3/b23-17-/t26-/m0/s1. The van der Waals surface area contributed by atoms with Gasteiger partial charge in [-0.2, -0.15) is 0 Å². The van der Waals surface area contributed by atoms with E-state index in [1.165, 1.54) is 11.3 Å². The maximum absolute atomic E-state index is 13.8. The molecule has 2 heterocycles. The first-order chi connectivity index (χ1) is 18.0. The van der Waals surface area contributed by atoms with Crippen molar-refractivity contribution in [2.75, 3.05) is 13.7 Å². The lowest BCUT2D eigenvalue weighted by atomic mass is 9.93. The number of thiazole rings is 1. The van der Waals surface area contributed by atoms with Crippen molar-refractivity contribution in [2.45, 2.75) is 13.0 Å². The molecule has 0 amide bonds. The molecule has 1 aliphatic heterocycles. The van der Waals surface area contributed by atoms with Crippen molar-refractivity contribution >= 4 is 29.1 Å². The molecule has 1 N–H and O–H groups in total. The number of aromatic hydroxyl groups is 1. The van der Waals surface area contributed by atoms with Crippen LogP contribution in [0.15, 0.2) is 94.2 Å². The Morgan fingerprint density at radius 2 is 1.76 bits per heavy atom. The van der Waals surface area contributed by atoms with Gasteiger partial charge in [-0.1, -0.05) is 65.9 Å². The third-order valence-corrected chi connectivity index (χ3v) is 6.98. The van der Waals surface area contributed by atoms with Crippen molar-refractivity contribution < 1.29 is 19.4 Å². The molecule has 0 aliphatic carbocycles. The highest BCUT2D eigenvalue weighted by Crippen LogP contribution is 2.35. The monoisotopic (exact) mass is 512 g/mol. The van der Waals surface area contributed by atoms with E-state index >= 15 is 0 Å². The van der Waals surface area contributed by atoms with Crippen LogP contribution in [0.2, 0.25) is 0 Å². The number of phenols is 1. The molecule has 0 spiro atoms. The minimum Gasteiger partial charge on any atom is -0.508 e. The first-order valence-electron chi connectivity index (χ1n) is 11.7. The van der Waals surface area contributed by atoms with E-state index in [1.54, 1.807) is 61.1 Å². The molecule has 37 heavy (non-hydrogen) atoms. The van der Waals surface area contributed by atoms with Gasteiger partial charge >= 0.3 is 5.97 Å². The number of hydrogen-bond acceptors (Lipinski definition) is 7. The Kier molecular flexibility index (Phi) is 6.74. The molecule has 8 heteroatoms. The molecule has 0 saturated heterocycles. The Hall–Kier alpha value is -4.43. The smallest absolute Gasteiger partial charge is 0.338 e. The molecule has 1 aromatic heterocycles. The Morgan fingerprint density at radius 3 is 2.41 bits per heavy atom. The van der Waals surface area contributed by atoms with E-state index in [1.807, 2.05) is 42.5 Å². The summed E-state index contributed by atoms with van der Waals surface area (Å²) >= 11 is 1.25. The zero-order valence-corrected chi connectivity index (χ0v) is 21.1. The summed E-state index contributed by atoms with van der Waals surface area (Å²) in [5.41, 5.74) is 2.73. The number of ether oxygens (including phenoxy) is 2. The van der Waals surface area contributed by atoms with Gasteiger partial charge in [-0.3, -0.25) is 9.36 Å². The van der Waals surface area contributed by atoms with Gasteiger partial charge in [-0.25, -0.2) is 9.79 Å². The van der Waals surface area contributed by atoms with Crippen LogP contribution in [0.25, 0.3) is 11.8 Å². The summed E-state index contributed by atoms with van der Waals surface area (Å²) < 4.78 is 12.8. The summed E-state index contributed by atoms with van der Waals surface area (Å²) in [5.74, 6) is 0.275. The maximum atomic E-state index is 13.8. The van der Waals surface area contributed by atoms with E-state index in [-0.39, 0.29) is 17.9 Å². The summed E-state index contributed by atoms with van der Waals surface area (Å²) in [6.45, 7) is 1.93. The number of rotatable bonds is 6. The number of phenolic OH excluding ortho intramolecular Hbond substituents is 1. The molecule has 0 fully saturated rings. The summed E-state index contributed by atoms with van der Waals surface area (Å²) in [5, 5.41) is 9.62. The Morgan fingerprint density at radius 1 is 1.05 bits per heavy atom. The van der Waals surface area contributed by atoms with Crippen LogP contribution < -0.4 is 19.6 Å². The van der Waals surface area contributed by atoms with Crippen LogP contribution in [0.4, 0.5) is 0 Å². The number of carbonyl (C=O) groups is 1. The molecule has 0 bridgehead atoms. The summed E-state index contributed by atoms with van der Waals surface area (Å²) in [4.78, 5) is 32.5. The fraction of sp³-hybridized carbons (Fsp3) is 0.138. The number of carbonyl (C=O) groups excluding carboxylic acids is 1. The van der Waals surface area contributed by atoms with E-state index in [4.69, 9.17) is 14.5 Å². The molecule has 0 unspecified atom stereocenters. The number of aromatic nitrogens is 1. The van der Waals surface area contributed by atoms with Crippen molar-refractivity contribution in [3.63, 3.8) is 0 Å². The van der Waals surface area contributed by atoms with Crippen molar-refractivity contribution in [1.82, 2.24) is 4.57 Å². The molecule has 0 saturated carbocycles. The van der Waals surface area contributed by atoms with Crippen LogP contribution in [0.1, 0.15) is 29.7 Å². The zero-order valence-electron chi connectivity index (χ0n) is 20.3. The lowest BCUT2D eigenvalue weighted by Crippen LogP contribution is -2.40. The molecule has 1 atom stereocenters. The third kappa shape index (κ3) is 4.71. The molecule has 4 aromatic rings. The number of hydrogen-bond donors (Lipinski definition) is 1. The van der Waals surface area contributed by atoms with E-state index < -0.39 is 12.0 Å². The predicted molar refractivity (Wildman–Crippen MR) is 142 cm³/mol. The Labute approximate surface area is 216 Å². The van der Waals surface area contributed by atoms with Gasteiger partial charge in [0.05, 0.1) is 35.6 Å². The fourth-order valence-electron chi connectivity index (χ4n) is 4.26. The minimum absolute atomic E-state index is 0.143. The van der Waals surface area contributed by atoms with Crippen LogP contribution >= 0.6 is 11.3 Å². The number of methoxy groups -OCH3 is 1. The molecule has 186 valence electrons. The van der Waals surface area contributed by atoms with Gasteiger partial charge in [0.2, 0.25) is 0 Å². The van der Waals surface area contributed by atoms with Gasteiger partial charge in [0.1, 0.15) is 11.5 Å². The third-order valence-electron chi connectivity index (χ3n) is 6.00. The first-order valence-corrected chi connectivity index (χ1v) is 12.5. The van der Waals surface area contributed by atoms with E-state index in [2.05, 4.69) is 0 Å². The van der Waals surface area contributed by atoms with Crippen LogP contribution in [-0.4, -0.2) is 29.4 Å². The van der Waals surface area contributed by atoms with Gasteiger partial charge in [-0.05, 0) is 48.4 Å². The van der Waals surface area contributed by atoms with Crippen LogP contribution in [-0.2, 0) is 9.53 Å². The average molecular weight is 513 g/mol. The highest BCUT2D eigenvalue weighted by atomic mass is 32.1. The maximum Gasteiger partial charge on any atom is 0.338 e. The second-order valence-corrected chi connectivity index (χ2v) is 9.31. The lowest BCUT2D eigenvalue weighted by Gasteiger charge is -2.26. The van der Waals surface area contributed by atoms with Crippen molar-refractivity contribution in [1.29, 1.82) is 0 Å². The molecule has 0 radical (unpaired) electrons. The molecular formula is C29H24N2O5S. The number of benzene rings is 3. The largest absolute Gasteiger partial charge is 0.508 e. The molecule has 3 aromatic carbocycles. The number of esters is 1. The second kappa shape index (κ2) is 10.3. The molecule has 5 rings (SSSR count). The average Bonchev–Trinajstić information content (AvgIpc) is 3.24. The van der Waals surface area contributed by atoms with Gasteiger partial charge in [0.15, 0.2) is 4.80 Å². The van der Waals surface area contributed by atoms with Crippen LogP contribution in [0, 0.1) is 0 Å². The van der Waals surface area contributed by atoms with E-state index in [0.29, 0.717) is 26.4 Å². The summed E-state index contributed by atoms with van der Waals surface area (Å²) in [6.07, 6.45) is 1.75. The normalized spacial score (nSPS) is 15.2. The number of nitrogens with zero attached hydrogens (tertiary/aromatic N) is 2. The fourth-order valence-corrected chi connectivity index (χ4v) is 5.26. The summed E-state index contributed by atoms with van der Waals surface area (Å²) in [7, 11) is 1.58. The molecular weight excluding hydrogens is 488 g/mol. The van der Waals surface area contributed by atoms with Gasteiger partial charge in [0, 0.05) is 5.56 Å². The minimum atomic E-state index is -0.751. The lowest BCUT2D eigenvalue weighted by molar-refractivity contribution is -0.138. The second-order valence-electron chi connectivity index (χ2n) is 8.30. The van der Waals surface area contributed by atoms with Crippen molar-refractivity contribution in [3.05, 3.63) is 121 Å². The van der Waals surface area contributed by atoms with E-state index in [9.17, 15) is 14.7 Å². The van der Waals surface area contributed by atoms with Gasteiger partial charge < -0.3 is 14.6 Å². The molecule has 7 nitrogen and oxygen atoms in total. The highest BCUT2D eigenvalue weighted by Gasteiger charge is 2.35. The van der Waals surface area contributed by atoms with Crippen LogP contribution in [0.5, 0.6) is 11.5 Å². The topological polar surface area (TPSA) is 90.1 Å². The number of fused-ring (bicyclic) bond motifs is 1. The van der Waals surface area contributed by atoms with Gasteiger partial charge in [0.25, 0.3) is 5.56 Å². The van der Waals surface area contributed by atoms with Crippen LogP contribution in [0.3, 0.4) is 0 Å². The highest BCUT2D eigenvalue weighted by molar-refractivity contribution is 7.07. The Bertz CT molecular complexity index is 1650. The predicted octanol–water partition coefficient (Wildman–Crippen LogP) is 3.65. The first kappa shape index (κ1) is 24.3. The van der Waals surface area contributed by atoms with Crippen molar-refractivity contribution in [3.8, 4) is 11.5 Å². The quantitative estimate of drug-likeness (QED) is 0.399. The molecule has 1 aliphatic rings. The summed E-state index contributed by atoms with van der Waals surface area (Å²) in [6, 6.07) is 22.5. The van der Waals surface area contributed by atoms with Crippen molar-refractivity contribution in [2.24, 2.45) is 4.99 Å². The van der Waals surface area contributed by atoms with E-state index in [0.717, 1.165) is 16.7 Å².